The minimum Gasteiger partial charge on any atom is -0.370 e. The maximum atomic E-state index is 11.6. The van der Waals surface area contributed by atoms with E-state index in [1.165, 1.54) is 0 Å². The zero-order chi connectivity index (χ0) is 11.5. The molecule has 0 aliphatic heterocycles. The number of nitrogens with zero attached hydrogens (tertiary/aromatic N) is 2. The van der Waals surface area contributed by atoms with Crippen molar-refractivity contribution in [3.8, 4) is 0 Å². The van der Waals surface area contributed by atoms with E-state index < -0.39 is 0 Å². The summed E-state index contributed by atoms with van der Waals surface area (Å²) in [6, 6.07) is 7.49. The molecule has 0 atom stereocenters. The van der Waals surface area contributed by atoms with E-state index in [-0.39, 0.29) is 28.6 Å². The van der Waals surface area contributed by atoms with Crippen LogP contribution in [0.5, 0.6) is 0 Å². The highest BCUT2D eigenvalue weighted by molar-refractivity contribution is 8.93. The highest BCUT2D eigenvalue weighted by Crippen LogP contribution is 2.08. The number of rotatable bonds is 3. The van der Waals surface area contributed by atoms with Crippen LogP contribution in [0.4, 0.5) is 0 Å². The van der Waals surface area contributed by atoms with E-state index >= 15 is 0 Å². The Bertz CT molecular complexity index is 582. The molecule has 0 radical (unpaired) electrons. The number of guanidine groups is 1. The number of hydrogen-bond donors (Lipinski definition) is 3. The van der Waals surface area contributed by atoms with Gasteiger partial charge in [-0.05, 0) is 12.1 Å². The predicted octanol–water partition coefficient (Wildman–Crippen LogP) is 0.181. The molecule has 2 rings (SSSR count). The first-order valence-electron chi connectivity index (χ1n) is 4.91. The smallest absolute Gasteiger partial charge is 0.326 e. The van der Waals surface area contributed by atoms with Crippen LogP contribution < -0.4 is 17.2 Å². The number of nitrogens with one attached hydrogen (secondary N) is 1. The molecular formula is C10H14BrN5O. The molecule has 2 aromatic rings. The maximum absolute atomic E-state index is 11.6. The van der Waals surface area contributed by atoms with Gasteiger partial charge in [0.05, 0.1) is 17.6 Å². The Kier molecular flexibility index (Phi) is 4.33. The van der Waals surface area contributed by atoms with Gasteiger partial charge in [0.2, 0.25) is 0 Å². The van der Waals surface area contributed by atoms with Crippen LogP contribution in [0, 0.1) is 0 Å². The SMILES string of the molecule is Br.NC(N)=NCCn1c(=O)[nH]c2ccccc21. The van der Waals surface area contributed by atoms with Crippen molar-refractivity contribution in [1.29, 1.82) is 0 Å². The van der Waals surface area contributed by atoms with Crippen molar-refractivity contribution in [3.05, 3.63) is 34.7 Å². The molecule has 0 amide bonds. The lowest BCUT2D eigenvalue weighted by atomic mass is 10.3. The van der Waals surface area contributed by atoms with Crippen LogP contribution in [0.2, 0.25) is 0 Å². The molecule has 7 heteroatoms. The van der Waals surface area contributed by atoms with E-state index in [2.05, 4.69) is 9.98 Å². The first-order valence-corrected chi connectivity index (χ1v) is 4.91. The molecule has 0 unspecified atom stereocenters. The van der Waals surface area contributed by atoms with Crippen LogP contribution in [-0.4, -0.2) is 22.1 Å². The van der Waals surface area contributed by atoms with Crippen molar-refractivity contribution in [2.75, 3.05) is 6.54 Å². The van der Waals surface area contributed by atoms with Crippen LogP contribution in [0.25, 0.3) is 11.0 Å². The second-order valence-corrected chi connectivity index (χ2v) is 3.41. The van der Waals surface area contributed by atoms with Gasteiger partial charge in [-0.2, -0.15) is 0 Å². The van der Waals surface area contributed by atoms with E-state index in [1.807, 2.05) is 24.3 Å². The fourth-order valence-electron chi connectivity index (χ4n) is 1.61. The van der Waals surface area contributed by atoms with Gasteiger partial charge in [-0.3, -0.25) is 9.56 Å². The molecule has 17 heavy (non-hydrogen) atoms. The number of H-pyrrole nitrogens is 1. The highest BCUT2D eigenvalue weighted by atomic mass is 79.9. The van der Waals surface area contributed by atoms with Crippen LogP contribution >= 0.6 is 17.0 Å². The monoisotopic (exact) mass is 299 g/mol. The molecule has 0 saturated carbocycles. The Morgan fingerprint density at radius 1 is 1.35 bits per heavy atom. The number of aromatic amines is 1. The first-order chi connectivity index (χ1) is 7.68. The minimum atomic E-state index is -0.146. The van der Waals surface area contributed by atoms with Gasteiger partial charge in [0.15, 0.2) is 5.96 Å². The molecule has 6 nitrogen and oxygen atoms in total. The Hall–Kier alpha value is -1.76. The van der Waals surface area contributed by atoms with Gasteiger partial charge in [-0.25, -0.2) is 4.79 Å². The average molecular weight is 300 g/mol. The van der Waals surface area contributed by atoms with Gasteiger partial charge in [0, 0.05) is 6.54 Å². The number of halogens is 1. The molecule has 1 aromatic heterocycles. The lowest BCUT2D eigenvalue weighted by Crippen LogP contribution is -2.24. The number of aromatic nitrogens is 2. The third-order valence-corrected chi connectivity index (χ3v) is 2.30. The van der Waals surface area contributed by atoms with Gasteiger partial charge in [-0.1, -0.05) is 12.1 Å². The predicted molar refractivity (Wildman–Crippen MR) is 73.6 cm³/mol. The minimum absolute atomic E-state index is 0. The van der Waals surface area contributed by atoms with Crippen LogP contribution in [0.1, 0.15) is 0 Å². The number of aliphatic imine (C=N–C) groups is 1. The summed E-state index contributed by atoms with van der Waals surface area (Å²) in [5.41, 5.74) is 12.0. The standard InChI is InChI=1S/C10H13N5O.BrH/c11-9(12)13-5-6-15-8-4-2-1-3-7(8)14-10(15)16;/h1-4H,5-6H2,(H,14,16)(H4,11,12,13);1H. The maximum Gasteiger partial charge on any atom is 0.326 e. The van der Waals surface area contributed by atoms with E-state index in [9.17, 15) is 4.79 Å². The van der Waals surface area contributed by atoms with E-state index in [4.69, 9.17) is 11.5 Å². The van der Waals surface area contributed by atoms with Crippen LogP contribution in [-0.2, 0) is 6.54 Å². The average Bonchev–Trinajstić information content (AvgIpc) is 2.55. The molecular weight excluding hydrogens is 286 g/mol. The fourth-order valence-corrected chi connectivity index (χ4v) is 1.61. The Morgan fingerprint density at radius 2 is 2.06 bits per heavy atom. The Morgan fingerprint density at radius 3 is 2.76 bits per heavy atom. The highest BCUT2D eigenvalue weighted by Gasteiger charge is 2.04. The molecule has 0 bridgehead atoms. The summed E-state index contributed by atoms with van der Waals surface area (Å²) in [6.45, 7) is 0.852. The largest absolute Gasteiger partial charge is 0.370 e. The lowest BCUT2D eigenvalue weighted by Gasteiger charge is -2.00. The lowest BCUT2D eigenvalue weighted by molar-refractivity contribution is 0.703. The zero-order valence-electron chi connectivity index (χ0n) is 9.09. The summed E-state index contributed by atoms with van der Waals surface area (Å²) >= 11 is 0. The van der Waals surface area contributed by atoms with E-state index in [1.54, 1.807) is 4.57 Å². The molecule has 92 valence electrons. The molecule has 0 spiro atoms. The summed E-state index contributed by atoms with van der Waals surface area (Å²) in [5.74, 6) is 0.0351. The first kappa shape index (κ1) is 13.3. The van der Waals surface area contributed by atoms with Crippen molar-refractivity contribution in [2.45, 2.75) is 6.54 Å². The summed E-state index contributed by atoms with van der Waals surface area (Å²) < 4.78 is 1.61. The van der Waals surface area contributed by atoms with Crippen LogP contribution in [0.15, 0.2) is 34.1 Å². The van der Waals surface area contributed by atoms with Crippen molar-refractivity contribution < 1.29 is 0 Å². The topological polar surface area (TPSA) is 102 Å². The third-order valence-electron chi connectivity index (χ3n) is 2.30. The van der Waals surface area contributed by atoms with E-state index in [0.717, 1.165) is 11.0 Å². The number of benzene rings is 1. The molecule has 0 aliphatic rings. The van der Waals surface area contributed by atoms with Crippen molar-refractivity contribution >= 4 is 34.0 Å². The number of imidazole rings is 1. The number of nitrogens with two attached hydrogens (primary N) is 2. The second-order valence-electron chi connectivity index (χ2n) is 3.41. The summed E-state index contributed by atoms with van der Waals surface area (Å²) in [4.78, 5) is 18.2. The molecule has 0 saturated heterocycles. The van der Waals surface area contributed by atoms with Gasteiger partial charge in [0.1, 0.15) is 0 Å². The fraction of sp³-hybridized carbons (Fsp3) is 0.200. The molecule has 1 aromatic carbocycles. The van der Waals surface area contributed by atoms with Crippen molar-refractivity contribution in [1.82, 2.24) is 9.55 Å². The van der Waals surface area contributed by atoms with Gasteiger partial charge >= 0.3 is 5.69 Å². The third kappa shape index (κ3) is 2.88. The number of fused-ring (bicyclic) bond motifs is 1. The van der Waals surface area contributed by atoms with Gasteiger partial charge in [-0.15, -0.1) is 17.0 Å². The molecule has 0 fully saturated rings. The summed E-state index contributed by atoms with van der Waals surface area (Å²) in [6.07, 6.45) is 0. The summed E-state index contributed by atoms with van der Waals surface area (Å²) in [5, 5.41) is 0. The quantitative estimate of drug-likeness (QED) is 0.556. The van der Waals surface area contributed by atoms with Crippen molar-refractivity contribution in [2.24, 2.45) is 16.5 Å². The van der Waals surface area contributed by atoms with E-state index in [0.29, 0.717) is 13.1 Å². The zero-order valence-corrected chi connectivity index (χ0v) is 10.8. The van der Waals surface area contributed by atoms with Crippen molar-refractivity contribution in [3.63, 3.8) is 0 Å². The Balaban J connectivity index is 0.00000144. The second kappa shape index (κ2) is 5.53. The van der Waals surface area contributed by atoms with Gasteiger partial charge in [0.25, 0.3) is 0 Å². The Labute approximate surface area is 108 Å². The molecule has 0 aliphatic carbocycles. The number of para-hydroxylation sites is 2. The van der Waals surface area contributed by atoms with Crippen LogP contribution in [0.3, 0.4) is 0 Å². The normalized spacial score (nSPS) is 9.88. The van der Waals surface area contributed by atoms with Gasteiger partial charge < -0.3 is 16.5 Å². The molecule has 5 N–H and O–H groups in total. The number of hydrogen-bond acceptors (Lipinski definition) is 2. The summed E-state index contributed by atoms with van der Waals surface area (Å²) in [7, 11) is 0. The molecule has 1 heterocycles.